The lowest BCUT2D eigenvalue weighted by Gasteiger charge is -1.99. The van der Waals surface area contributed by atoms with Crippen LogP contribution in [0.5, 0.6) is 0 Å². The van der Waals surface area contributed by atoms with Crippen LogP contribution in [0, 0.1) is 0 Å². The molecule has 0 saturated carbocycles. The maximum absolute atomic E-state index is 11.1. The van der Waals surface area contributed by atoms with E-state index in [1.807, 2.05) is 5.38 Å². The van der Waals surface area contributed by atoms with Crippen LogP contribution in [-0.2, 0) is 4.74 Å². The third kappa shape index (κ3) is 2.02. The van der Waals surface area contributed by atoms with Crippen molar-refractivity contribution < 1.29 is 9.53 Å². The number of hydrogen-bond acceptors (Lipinski definition) is 5. The summed E-state index contributed by atoms with van der Waals surface area (Å²) < 4.78 is 4.55. The molecule has 15 heavy (non-hydrogen) atoms. The van der Waals surface area contributed by atoms with Gasteiger partial charge in [0.15, 0.2) is 0 Å². The number of ether oxygens (including phenoxy) is 1. The second-order valence-corrected chi connectivity index (χ2v) is 3.66. The number of carbonyl (C=O) groups is 1. The lowest BCUT2D eigenvalue weighted by Crippen LogP contribution is -2.03. The molecule has 0 aliphatic heterocycles. The number of hydrogen-bond donors (Lipinski definition) is 0. The minimum absolute atomic E-state index is 0.304. The zero-order chi connectivity index (χ0) is 10.7. The van der Waals surface area contributed by atoms with E-state index in [1.54, 1.807) is 24.5 Å². The second-order valence-electron chi connectivity index (χ2n) is 2.76. The monoisotopic (exact) mass is 220 g/mol. The Bertz CT molecular complexity index is 451. The quantitative estimate of drug-likeness (QED) is 0.726. The van der Waals surface area contributed by atoms with Gasteiger partial charge in [0, 0.05) is 23.3 Å². The summed E-state index contributed by atoms with van der Waals surface area (Å²) in [5, 5.41) is 2.78. The van der Waals surface area contributed by atoms with Crippen molar-refractivity contribution in [3.8, 4) is 10.6 Å². The molecular weight excluding hydrogens is 212 g/mol. The number of aromatic nitrogens is 2. The second kappa shape index (κ2) is 4.18. The molecule has 0 amide bonds. The van der Waals surface area contributed by atoms with Crippen molar-refractivity contribution in [3.63, 3.8) is 0 Å². The summed E-state index contributed by atoms with van der Waals surface area (Å²) in [5.41, 5.74) is 1.20. The van der Waals surface area contributed by atoms with Gasteiger partial charge in [0.1, 0.15) is 10.7 Å². The highest BCUT2D eigenvalue weighted by Crippen LogP contribution is 2.20. The summed E-state index contributed by atoms with van der Waals surface area (Å²) in [6.07, 6.45) is 3.35. The third-order valence-electron chi connectivity index (χ3n) is 1.84. The van der Waals surface area contributed by atoms with Crippen molar-refractivity contribution in [2.45, 2.75) is 0 Å². The van der Waals surface area contributed by atoms with E-state index in [0.717, 1.165) is 10.6 Å². The van der Waals surface area contributed by atoms with Gasteiger partial charge in [0.05, 0.1) is 7.11 Å². The first-order valence-electron chi connectivity index (χ1n) is 4.25. The van der Waals surface area contributed by atoms with Crippen LogP contribution in [0.3, 0.4) is 0 Å². The van der Waals surface area contributed by atoms with Gasteiger partial charge in [0.25, 0.3) is 0 Å². The molecule has 0 aromatic carbocycles. The van der Waals surface area contributed by atoms with Crippen molar-refractivity contribution in [1.29, 1.82) is 0 Å². The molecule has 0 aliphatic rings. The highest BCUT2D eigenvalue weighted by Gasteiger charge is 2.07. The van der Waals surface area contributed by atoms with E-state index in [4.69, 9.17) is 0 Å². The standard InChI is InChI=1S/C10H8N2O2S/c1-14-10(13)8-3-2-7(6-12-8)9-11-4-5-15-9/h2-6H,1H3. The largest absolute Gasteiger partial charge is 0.464 e. The summed E-state index contributed by atoms with van der Waals surface area (Å²) >= 11 is 1.53. The number of thiazole rings is 1. The molecule has 2 aromatic heterocycles. The molecule has 4 nitrogen and oxygen atoms in total. The van der Waals surface area contributed by atoms with Crippen molar-refractivity contribution in [3.05, 3.63) is 35.6 Å². The van der Waals surface area contributed by atoms with Crippen molar-refractivity contribution in [2.24, 2.45) is 0 Å². The van der Waals surface area contributed by atoms with Crippen LogP contribution < -0.4 is 0 Å². The Morgan fingerprint density at radius 3 is 2.80 bits per heavy atom. The topological polar surface area (TPSA) is 52.1 Å². The first kappa shape index (κ1) is 9.79. The molecule has 2 rings (SSSR count). The summed E-state index contributed by atoms with van der Waals surface area (Å²) in [5.74, 6) is -0.430. The van der Waals surface area contributed by atoms with E-state index < -0.39 is 5.97 Å². The molecule has 0 fully saturated rings. The average molecular weight is 220 g/mol. The van der Waals surface area contributed by atoms with Gasteiger partial charge < -0.3 is 4.74 Å². The minimum atomic E-state index is -0.430. The van der Waals surface area contributed by atoms with Crippen LogP contribution in [0.4, 0.5) is 0 Å². The molecule has 2 aromatic rings. The van der Waals surface area contributed by atoms with Crippen LogP contribution in [-0.4, -0.2) is 23.0 Å². The Labute approximate surface area is 90.6 Å². The first-order valence-corrected chi connectivity index (χ1v) is 5.13. The van der Waals surface area contributed by atoms with E-state index in [9.17, 15) is 4.79 Å². The molecule has 0 aliphatic carbocycles. The smallest absolute Gasteiger partial charge is 0.356 e. The molecule has 2 heterocycles. The van der Waals surface area contributed by atoms with Gasteiger partial charge in [-0.05, 0) is 12.1 Å². The number of nitrogens with zero attached hydrogens (tertiary/aromatic N) is 2. The zero-order valence-electron chi connectivity index (χ0n) is 8.01. The summed E-state index contributed by atoms with van der Waals surface area (Å²) in [4.78, 5) is 19.3. The Balaban J connectivity index is 2.29. The lowest BCUT2D eigenvalue weighted by molar-refractivity contribution is 0.0594. The van der Waals surface area contributed by atoms with Crippen LogP contribution in [0.1, 0.15) is 10.5 Å². The van der Waals surface area contributed by atoms with Crippen LogP contribution in [0.2, 0.25) is 0 Å². The van der Waals surface area contributed by atoms with Crippen LogP contribution in [0.25, 0.3) is 10.6 Å². The molecule has 0 unspecified atom stereocenters. The van der Waals surface area contributed by atoms with E-state index >= 15 is 0 Å². The summed E-state index contributed by atoms with van der Waals surface area (Å²) in [6, 6.07) is 3.43. The molecule has 5 heteroatoms. The molecule has 0 atom stereocenters. The Morgan fingerprint density at radius 1 is 1.40 bits per heavy atom. The Hall–Kier alpha value is -1.75. The summed E-state index contributed by atoms with van der Waals surface area (Å²) in [6.45, 7) is 0. The zero-order valence-corrected chi connectivity index (χ0v) is 8.82. The van der Waals surface area contributed by atoms with Gasteiger partial charge in [-0.25, -0.2) is 14.8 Å². The molecule has 0 spiro atoms. The molecule has 0 N–H and O–H groups in total. The van der Waals surface area contributed by atoms with E-state index in [1.165, 1.54) is 18.4 Å². The van der Waals surface area contributed by atoms with E-state index in [2.05, 4.69) is 14.7 Å². The van der Waals surface area contributed by atoms with Crippen LogP contribution >= 0.6 is 11.3 Å². The highest BCUT2D eigenvalue weighted by atomic mass is 32.1. The fourth-order valence-electron chi connectivity index (χ4n) is 1.11. The molecule has 0 bridgehead atoms. The van der Waals surface area contributed by atoms with Crippen molar-refractivity contribution in [2.75, 3.05) is 7.11 Å². The number of carbonyl (C=O) groups excluding carboxylic acids is 1. The van der Waals surface area contributed by atoms with Crippen molar-refractivity contribution in [1.82, 2.24) is 9.97 Å². The van der Waals surface area contributed by atoms with Gasteiger partial charge >= 0.3 is 5.97 Å². The minimum Gasteiger partial charge on any atom is -0.464 e. The van der Waals surface area contributed by atoms with Gasteiger partial charge in [-0.1, -0.05) is 0 Å². The predicted octanol–water partition coefficient (Wildman–Crippen LogP) is 1.99. The summed E-state index contributed by atoms with van der Waals surface area (Å²) in [7, 11) is 1.33. The lowest BCUT2D eigenvalue weighted by atomic mass is 10.2. The normalized spacial score (nSPS) is 9.93. The Morgan fingerprint density at radius 2 is 2.27 bits per heavy atom. The van der Waals surface area contributed by atoms with Gasteiger partial charge in [-0.3, -0.25) is 0 Å². The SMILES string of the molecule is COC(=O)c1ccc(-c2nccs2)cn1. The fraction of sp³-hybridized carbons (Fsp3) is 0.100. The molecule has 76 valence electrons. The van der Waals surface area contributed by atoms with Crippen molar-refractivity contribution >= 4 is 17.3 Å². The highest BCUT2D eigenvalue weighted by molar-refractivity contribution is 7.13. The average Bonchev–Trinajstić information content (AvgIpc) is 2.82. The third-order valence-corrected chi connectivity index (χ3v) is 2.66. The van der Waals surface area contributed by atoms with E-state index in [-0.39, 0.29) is 0 Å². The number of rotatable bonds is 2. The number of methoxy groups -OCH3 is 1. The first-order chi connectivity index (χ1) is 7.31. The van der Waals surface area contributed by atoms with Gasteiger partial charge in [-0.15, -0.1) is 11.3 Å². The fourth-order valence-corrected chi connectivity index (χ4v) is 1.74. The number of pyridine rings is 1. The number of esters is 1. The molecule has 0 radical (unpaired) electrons. The predicted molar refractivity (Wildman–Crippen MR) is 56.7 cm³/mol. The van der Waals surface area contributed by atoms with Crippen LogP contribution in [0.15, 0.2) is 29.9 Å². The maximum atomic E-state index is 11.1. The van der Waals surface area contributed by atoms with Gasteiger partial charge in [0.2, 0.25) is 0 Å². The van der Waals surface area contributed by atoms with E-state index in [0.29, 0.717) is 5.69 Å². The van der Waals surface area contributed by atoms with Gasteiger partial charge in [-0.2, -0.15) is 0 Å². The Kier molecular flexibility index (Phi) is 2.73. The molecular formula is C10H8N2O2S. The maximum Gasteiger partial charge on any atom is 0.356 e. The molecule has 0 saturated heterocycles.